The van der Waals surface area contributed by atoms with Crippen LogP contribution in [-0.4, -0.2) is 12.7 Å². The van der Waals surface area contributed by atoms with Crippen LogP contribution >= 0.6 is 0 Å². The molecule has 11 heavy (non-hydrogen) atoms. The highest BCUT2D eigenvalue weighted by Gasteiger charge is 2.03. The van der Waals surface area contributed by atoms with Gasteiger partial charge >= 0.3 is 0 Å². The Morgan fingerprint density at radius 3 is 2.45 bits per heavy atom. The number of nitriles is 1. The van der Waals surface area contributed by atoms with Gasteiger partial charge in [0.2, 0.25) is 0 Å². The van der Waals surface area contributed by atoms with E-state index in [1.807, 2.05) is 0 Å². The van der Waals surface area contributed by atoms with E-state index in [0.717, 1.165) is 6.42 Å². The van der Waals surface area contributed by atoms with Gasteiger partial charge in [-0.25, -0.2) is 0 Å². The first kappa shape index (κ1) is 10.4. The molecule has 0 aromatic carbocycles. The standard InChI is InChI=1S/C9H17NO/c1-8(2)7-9(3)11-6-4-5-10/h8-9H,4,6-7H2,1-3H3/t9-/m1/s1. The van der Waals surface area contributed by atoms with E-state index in [9.17, 15) is 0 Å². The molecule has 0 rings (SSSR count). The second kappa shape index (κ2) is 6.18. The molecule has 0 heterocycles. The lowest BCUT2D eigenvalue weighted by Gasteiger charge is -2.13. The Bertz CT molecular complexity index is 126. The van der Waals surface area contributed by atoms with Crippen molar-refractivity contribution in [2.45, 2.75) is 39.7 Å². The predicted molar refractivity (Wildman–Crippen MR) is 45.1 cm³/mol. The number of hydrogen-bond donors (Lipinski definition) is 0. The summed E-state index contributed by atoms with van der Waals surface area (Å²) in [7, 11) is 0. The fourth-order valence-corrected chi connectivity index (χ4v) is 1.04. The van der Waals surface area contributed by atoms with Gasteiger partial charge in [-0.05, 0) is 19.3 Å². The van der Waals surface area contributed by atoms with E-state index in [0.29, 0.717) is 25.0 Å². The average Bonchev–Trinajstić information content (AvgIpc) is 1.86. The minimum absolute atomic E-state index is 0.295. The SMILES string of the molecule is CC(C)C[C@@H](C)OCCC#N. The highest BCUT2D eigenvalue weighted by molar-refractivity contribution is 4.67. The van der Waals surface area contributed by atoms with Gasteiger partial charge in [0, 0.05) is 0 Å². The van der Waals surface area contributed by atoms with E-state index >= 15 is 0 Å². The van der Waals surface area contributed by atoms with Gasteiger partial charge in [-0.1, -0.05) is 13.8 Å². The molecule has 0 unspecified atom stereocenters. The Morgan fingerprint density at radius 2 is 2.00 bits per heavy atom. The summed E-state index contributed by atoms with van der Waals surface area (Å²) in [6.45, 7) is 6.97. The zero-order chi connectivity index (χ0) is 8.69. The first-order valence-electron chi connectivity index (χ1n) is 4.15. The maximum atomic E-state index is 8.23. The van der Waals surface area contributed by atoms with Crippen molar-refractivity contribution in [3.8, 4) is 6.07 Å². The normalized spacial score (nSPS) is 13.0. The van der Waals surface area contributed by atoms with E-state index < -0.39 is 0 Å². The van der Waals surface area contributed by atoms with Crippen molar-refractivity contribution < 1.29 is 4.74 Å². The summed E-state index contributed by atoms with van der Waals surface area (Å²) in [6, 6.07) is 2.05. The van der Waals surface area contributed by atoms with Crippen molar-refractivity contribution in [2.75, 3.05) is 6.61 Å². The molecule has 0 bridgehead atoms. The summed E-state index contributed by atoms with van der Waals surface area (Å²) in [4.78, 5) is 0. The molecular weight excluding hydrogens is 138 g/mol. The van der Waals surface area contributed by atoms with Crippen molar-refractivity contribution in [1.29, 1.82) is 5.26 Å². The first-order valence-corrected chi connectivity index (χ1v) is 4.15. The molecule has 0 saturated carbocycles. The van der Waals surface area contributed by atoms with Crippen molar-refractivity contribution in [1.82, 2.24) is 0 Å². The number of rotatable bonds is 5. The number of hydrogen-bond acceptors (Lipinski definition) is 2. The predicted octanol–water partition coefficient (Wildman–Crippen LogP) is 2.35. The molecular formula is C9H17NO. The second-order valence-electron chi connectivity index (χ2n) is 3.22. The average molecular weight is 155 g/mol. The smallest absolute Gasteiger partial charge is 0.0645 e. The molecule has 0 aromatic heterocycles. The second-order valence-corrected chi connectivity index (χ2v) is 3.22. The Hall–Kier alpha value is -0.550. The van der Waals surface area contributed by atoms with Gasteiger partial charge in [-0.15, -0.1) is 0 Å². The minimum Gasteiger partial charge on any atom is -0.377 e. The molecule has 2 nitrogen and oxygen atoms in total. The van der Waals surface area contributed by atoms with Gasteiger partial charge in [0.15, 0.2) is 0 Å². The topological polar surface area (TPSA) is 33.0 Å². The molecule has 0 saturated heterocycles. The van der Waals surface area contributed by atoms with Crippen LogP contribution in [0, 0.1) is 17.2 Å². The van der Waals surface area contributed by atoms with E-state index in [1.54, 1.807) is 0 Å². The van der Waals surface area contributed by atoms with Gasteiger partial charge in [0.1, 0.15) is 0 Å². The fourth-order valence-electron chi connectivity index (χ4n) is 1.04. The monoisotopic (exact) mass is 155 g/mol. The molecule has 0 fully saturated rings. The summed E-state index contributed by atoms with van der Waals surface area (Å²) < 4.78 is 5.37. The summed E-state index contributed by atoms with van der Waals surface area (Å²) in [6.07, 6.45) is 1.87. The van der Waals surface area contributed by atoms with E-state index in [-0.39, 0.29) is 0 Å². The van der Waals surface area contributed by atoms with Crippen LogP contribution in [0.1, 0.15) is 33.6 Å². The van der Waals surface area contributed by atoms with Crippen LogP contribution in [0.25, 0.3) is 0 Å². The zero-order valence-electron chi connectivity index (χ0n) is 7.63. The molecule has 2 heteroatoms. The molecule has 0 aromatic rings. The molecule has 1 atom stereocenters. The van der Waals surface area contributed by atoms with E-state index in [2.05, 4.69) is 26.8 Å². The third kappa shape index (κ3) is 7.35. The quantitative estimate of drug-likeness (QED) is 0.571. The molecule has 64 valence electrons. The Labute approximate surface area is 69.2 Å². The largest absolute Gasteiger partial charge is 0.377 e. The highest BCUT2D eigenvalue weighted by atomic mass is 16.5. The molecule has 0 amide bonds. The molecule has 0 aliphatic carbocycles. The van der Waals surface area contributed by atoms with Gasteiger partial charge < -0.3 is 4.74 Å². The lowest BCUT2D eigenvalue weighted by molar-refractivity contribution is 0.0558. The van der Waals surface area contributed by atoms with Crippen LogP contribution in [0.2, 0.25) is 0 Å². The Balaban J connectivity index is 3.24. The summed E-state index contributed by atoms with van der Waals surface area (Å²) in [5.41, 5.74) is 0. The zero-order valence-corrected chi connectivity index (χ0v) is 7.63. The third-order valence-electron chi connectivity index (χ3n) is 1.42. The molecule has 0 aliphatic rings. The molecule has 0 N–H and O–H groups in total. The Morgan fingerprint density at radius 1 is 1.36 bits per heavy atom. The van der Waals surface area contributed by atoms with Gasteiger partial charge in [-0.2, -0.15) is 5.26 Å². The first-order chi connectivity index (χ1) is 5.16. The van der Waals surface area contributed by atoms with Crippen LogP contribution in [0.5, 0.6) is 0 Å². The van der Waals surface area contributed by atoms with Crippen molar-refractivity contribution >= 4 is 0 Å². The number of ether oxygens (including phenoxy) is 1. The van der Waals surface area contributed by atoms with Crippen LogP contribution in [0.3, 0.4) is 0 Å². The highest BCUT2D eigenvalue weighted by Crippen LogP contribution is 2.07. The molecule has 0 radical (unpaired) electrons. The lowest BCUT2D eigenvalue weighted by Crippen LogP contribution is -2.11. The van der Waals surface area contributed by atoms with E-state index in [1.165, 1.54) is 0 Å². The fraction of sp³-hybridized carbons (Fsp3) is 0.889. The maximum Gasteiger partial charge on any atom is 0.0645 e. The summed E-state index contributed by atoms with van der Waals surface area (Å²) >= 11 is 0. The van der Waals surface area contributed by atoms with Crippen molar-refractivity contribution in [3.63, 3.8) is 0 Å². The number of nitrogens with zero attached hydrogens (tertiary/aromatic N) is 1. The minimum atomic E-state index is 0.295. The van der Waals surface area contributed by atoms with Gasteiger partial charge in [0.05, 0.1) is 25.2 Å². The van der Waals surface area contributed by atoms with Crippen molar-refractivity contribution in [3.05, 3.63) is 0 Å². The van der Waals surface area contributed by atoms with Crippen LogP contribution in [0.15, 0.2) is 0 Å². The van der Waals surface area contributed by atoms with Gasteiger partial charge in [-0.3, -0.25) is 0 Å². The van der Waals surface area contributed by atoms with Gasteiger partial charge in [0.25, 0.3) is 0 Å². The van der Waals surface area contributed by atoms with E-state index in [4.69, 9.17) is 10.00 Å². The molecule has 0 spiro atoms. The van der Waals surface area contributed by atoms with Crippen molar-refractivity contribution in [2.24, 2.45) is 5.92 Å². The summed E-state index contributed by atoms with van der Waals surface area (Å²) in [5.74, 6) is 0.673. The van der Waals surface area contributed by atoms with Crippen LogP contribution in [0.4, 0.5) is 0 Å². The molecule has 0 aliphatic heterocycles. The summed E-state index contributed by atoms with van der Waals surface area (Å²) in [5, 5.41) is 8.23. The lowest BCUT2D eigenvalue weighted by atomic mass is 10.1. The van der Waals surface area contributed by atoms with Crippen LogP contribution < -0.4 is 0 Å². The maximum absolute atomic E-state index is 8.23. The van der Waals surface area contributed by atoms with Crippen LogP contribution in [-0.2, 0) is 4.74 Å². The third-order valence-corrected chi connectivity index (χ3v) is 1.42. The Kier molecular flexibility index (Phi) is 5.87.